The van der Waals surface area contributed by atoms with Crippen molar-refractivity contribution in [3.63, 3.8) is 0 Å². The second-order valence-electron chi connectivity index (χ2n) is 3.88. The minimum Gasteiger partial charge on any atom is -0.508 e. The molecule has 0 saturated carbocycles. The Morgan fingerprint density at radius 3 is 2.60 bits per heavy atom. The number of phenolic OH excluding ortho intramolecular Hbond substituents is 1. The average molecular weight is 210 g/mol. The Bertz CT molecular complexity index is 326. The third-order valence-corrected chi connectivity index (χ3v) is 2.20. The zero-order valence-corrected chi connectivity index (χ0v) is 9.14. The fourth-order valence-corrected chi connectivity index (χ4v) is 1.42. The van der Waals surface area contributed by atoms with Gasteiger partial charge >= 0.3 is 0 Å². The Morgan fingerprint density at radius 1 is 1.40 bits per heavy atom. The van der Waals surface area contributed by atoms with E-state index in [0.29, 0.717) is 6.54 Å². The average Bonchev–Trinajstić information content (AvgIpc) is 2.19. The molecule has 4 nitrogen and oxygen atoms in total. The molecule has 0 fully saturated rings. The van der Waals surface area contributed by atoms with Gasteiger partial charge in [0, 0.05) is 18.7 Å². The molecule has 0 bridgehead atoms. The van der Waals surface area contributed by atoms with E-state index in [0.717, 1.165) is 11.1 Å². The highest BCUT2D eigenvalue weighted by atomic mass is 16.3. The summed E-state index contributed by atoms with van der Waals surface area (Å²) in [4.78, 5) is 1.95. The Kier molecular flexibility index (Phi) is 4.08. The number of benzene rings is 1. The van der Waals surface area contributed by atoms with Crippen LogP contribution in [0.5, 0.6) is 5.75 Å². The van der Waals surface area contributed by atoms with Gasteiger partial charge in [0.15, 0.2) is 0 Å². The van der Waals surface area contributed by atoms with Crippen molar-refractivity contribution in [1.82, 2.24) is 4.90 Å². The second kappa shape index (κ2) is 5.11. The topological polar surface area (TPSA) is 69.7 Å². The first kappa shape index (κ1) is 12.0. The summed E-state index contributed by atoms with van der Waals surface area (Å²) < 4.78 is 0. The normalized spacial score (nSPS) is 13.1. The van der Waals surface area contributed by atoms with Gasteiger partial charge in [0.1, 0.15) is 5.75 Å². The summed E-state index contributed by atoms with van der Waals surface area (Å²) in [6.45, 7) is 0.823. The Hall–Kier alpha value is -1.10. The molecular formula is C11H18N2O2. The largest absolute Gasteiger partial charge is 0.508 e. The van der Waals surface area contributed by atoms with Gasteiger partial charge in [0.05, 0.1) is 6.10 Å². The summed E-state index contributed by atoms with van der Waals surface area (Å²) in [6, 6.07) is 5.06. The van der Waals surface area contributed by atoms with E-state index in [1.165, 1.54) is 0 Å². The van der Waals surface area contributed by atoms with Crippen molar-refractivity contribution in [3.05, 3.63) is 29.3 Å². The molecule has 4 heteroatoms. The lowest BCUT2D eigenvalue weighted by molar-refractivity contribution is 0.186. The number of hydrogen-bond acceptors (Lipinski definition) is 4. The van der Waals surface area contributed by atoms with Gasteiger partial charge in [0.2, 0.25) is 0 Å². The molecule has 0 radical (unpaired) electrons. The fraction of sp³-hybridized carbons (Fsp3) is 0.455. The molecule has 0 heterocycles. The molecule has 1 rings (SSSR count). The fourth-order valence-electron chi connectivity index (χ4n) is 1.42. The number of nitrogens with two attached hydrogens (primary N) is 1. The summed E-state index contributed by atoms with van der Waals surface area (Å²) in [5, 5.41) is 19.2. The molecule has 0 aliphatic carbocycles. The van der Waals surface area contributed by atoms with Gasteiger partial charge in [-0.15, -0.1) is 0 Å². The first-order valence-electron chi connectivity index (χ1n) is 4.89. The van der Waals surface area contributed by atoms with Gasteiger partial charge in [-0.2, -0.15) is 0 Å². The Morgan fingerprint density at radius 2 is 2.07 bits per heavy atom. The van der Waals surface area contributed by atoms with Gasteiger partial charge in [-0.3, -0.25) is 0 Å². The maximum atomic E-state index is 9.60. The highest BCUT2D eigenvalue weighted by Gasteiger charge is 2.09. The standard InChI is InChI=1S/C11H18N2O2/c1-13(2)7-9-5-8(11(15)6-12)3-4-10(9)14/h3-5,11,14-15H,6-7,12H2,1-2H3/t11-/m0/s1. The number of phenols is 1. The SMILES string of the molecule is CN(C)Cc1cc([C@@H](O)CN)ccc1O. The van der Waals surface area contributed by atoms with Crippen molar-refractivity contribution >= 4 is 0 Å². The minimum atomic E-state index is -0.661. The van der Waals surface area contributed by atoms with Crippen LogP contribution in [0.25, 0.3) is 0 Å². The maximum absolute atomic E-state index is 9.60. The van der Waals surface area contributed by atoms with E-state index < -0.39 is 6.10 Å². The number of aliphatic hydroxyl groups is 1. The van der Waals surface area contributed by atoms with Crippen LogP contribution in [0.1, 0.15) is 17.2 Å². The number of aliphatic hydroxyl groups excluding tert-OH is 1. The van der Waals surface area contributed by atoms with E-state index in [-0.39, 0.29) is 12.3 Å². The number of nitrogens with zero attached hydrogens (tertiary/aromatic N) is 1. The van der Waals surface area contributed by atoms with Crippen LogP contribution in [0.4, 0.5) is 0 Å². The van der Waals surface area contributed by atoms with Crippen LogP contribution in [0, 0.1) is 0 Å². The monoisotopic (exact) mass is 210 g/mol. The van der Waals surface area contributed by atoms with Crippen LogP contribution in [0.15, 0.2) is 18.2 Å². The third kappa shape index (κ3) is 3.20. The van der Waals surface area contributed by atoms with Gasteiger partial charge in [0.25, 0.3) is 0 Å². The van der Waals surface area contributed by atoms with E-state index in [1.54, 1.807) is 18.2 Å². The summed E-state index contributed by atoms with van der Waals surface area (Å²) >= 11 is 0. The maximum Gasteiger partial charge on any atom is 0.120 e. The summed E-state index contributed by atoms with van der Waals surface area (Å²) in [6.07, 6.45) is -0.661. The van der Waals surface area contributed by atoms with E-state index in [1.807, 2.05) is 19.0 Å². The third-order valence-electron chi connectivity index (χ3n) is 2.20. The molecule has 15 heavy (non-hydrogen) atoms. The summed E-state index contributed by atoms with van der Waals surface area (Å²) in [7, 11) is 3.84. The van der Waals surface area contributed by atoms with Crippen molar-refractivity contribution in [2.24, 2.45) is 5.73 Å². The lowest BCUT2D eigenvalue weighted by Gasteiger charge is -2.14. The van der Waals surface area contributed by atoms with Gasteiger partial charge in [-0.25, -0.2) is 0 Å². The molecule has 0 aromatic heterocycles. The van der Waals surface area contributed by atoms with Crippen LogP contribution in [-0.4, -0.2) is 35.8 Å². The number of hydrogen-bond donors (Lipinski definition) is 3. The van der Waals surface area contributed by atoms with Crippen LogP contribution in [-0.2, 0) is 6.54 Å². The zero-order valence-electron chi connectivity index (χ0n) is 9.14. The summed E-state index contributed by atoms with van der Waals surface area (Å²) in [5.74, 6) is 0.247. The molecule has 0 unspecified atom stereocenters. The molecule has 0 amide bonds. The molecule has 0 aliphatic heterocycles. The first-order valence-corrected chi connectivity index (χ1v) is 4.89. The zero-order chi connectivity index (χ0) is 11.4. The molecule has 0 aliphatic rings. The van der Waals surface area contributed by atoms with E-state index in [9.17, 15) is 10.2 Å². The lowest BCUT2D eigenvalue weighted by Crippen LogP contribution is -2.14. The molecule has 0 spiro atoms. The molecule has 84 valence electrons. The second-order valence-corrected chi connectivity index (χ2v) is 3.88. The van der Waals surface area contributed by atoms with E-state index in [2.05, 4.69) is 0 Å². The Labute approximate surface area is 89.9 Å². The smallest absolute Gasteiger partial charge is 0.120 e. The predicted octanol–water partition coefficient (Wildman–Crippen LogP) is 0.446. The highest BCUT2D eigenvalue weighted by molar-refractivity contribution is 5.37. The van der Waals surface area contributed by atoms with Gasteiger partial charge in [-0.1, -0.05) is 6.07 Å². The van der Waals surface area contributed by atoms with Crippen molar-refractivity contribution in [2.75, 3.05) is 20.6 Å². The van der Waals surface area contributed by atoms with Crippen molar-refractivity contribution in [3.8, 4) is 5.75 Å². The summed E-state index contributed by atoms with van der Waals surface area (Å²) in [5.41, 5.74) is 6.91. The predicted molar refractivity (Wildman–Crippen MR) is 59.5 cm³/mol. The first-order chi connectivity index (χ1) is 7.04. The van der Waals surface area contributed by atoms with Crippen molar-refractivity contribution < 1.29 is 10.2 Å². The Balaban J connectivity index is 2.94. The van der Waals surface area contributed by atoms with Gasteiger partial charge < -0.3 is 20.8 Å². The van der Waals surface area contributed by atoms with Crippen molar-refractivity contribution in [1.29, 1.82) is 0 Å². The molecule has 1 atom stereocenters. The number of rotatable bonds is 4. The molecule has 0 saturated heterocycles. The van der Waals surface area contributed by atoms with Crippen LogP contribution in [0.3, 0.4) is 0 Å². The minimum absolute atomic E-state index is 0.187. The molecule has 1 aromatic rings. The van der Waals surface area contributed by atoms with E-state index >= 15 is 0 Å². The molecule has 1 aromatic carbocycles. The van der Waals surface area contributed by atoms with Crippen molar-refractivity contribution in [2.45, 2.75) is 12.6 Å². The molecular weight excluding hydrogens is 192 g/mol. The highest BCUT2D eigenvalue weighted by Crippen LogP contribution is 2.22. The van der Waals surface area contributed by atoms with Crippen LogP contribution < -0.4 is 5.73 Å². The van der Waals surface area contributed by atoms with Gasteiger partial charge in [-0.05, 0) is 31.8 Å². The van der Waals surface area contributed by atoms with E-state index in [4.69, 9.17) is 5.73 Å². The van der Waals surface area contributed by atoms with Crippen LogP contribution >= 0.6 is 0 Å². The van der Waals surface area contributed by atoms with Crippen LogP contribution in [0.2, 0.25) is 0 Å². The molecule has 4 N–H and O–H groups in total. The number of aromatic hydroxyl groups is 1. The quantitative estimate of drug-likeness (QED) is 0.674. The lowest BCUT2D eigenvalue weighted by atomic mass is 10.0.